The molecule has 0 bridgehead atoms. The van der Waals surface area contributed by atoms with Gasteiger partial charge in [0.15, 0.2) is 0 Å². The normalized spacial score (nSPS) is 32.9. The minimum atomic E-state index is -0.182. The number of rotatable bonds is 1. The first-order valence-corrected chi connectivity index (χ1v) is 5.25. The SMILES string of the molecule is CC1CCCC(N)(c2cncnc2)C1. The largest absolute Gasteiger partial charge is 0.321 e. The van der Waals surface area contributed by atoms with Crippen LogP contribution in [0.2, 0.25) is 0 Å². The number of hydrogen-bond donors (Lipinski definition) is 1. The predicted octanol–water partition coefficient (Wildman–Crippen LogP) is 1.84. The van der Waals surface area contributed by atoms with E-state index in [4.69, 9.17) is 5.73 Å². The van der Waals surface area contributed by atoms with Crippen LogP contribution >= 0.6 is 0 Å². The highest BCUT2D eigenvalue weighted by Gasteiger charge is 2.32. The van der Waals surface area contributed by atoms with Gasteiger partial charge in [-0.3, -0.25) is 0 Å². The molecule has 14 heavy (non-hydrogen) atoms. The standard InChI is InChI=1S/C11H17N3/c1-9-3-2-4-11(12,5-9)10-6-13-8-14-7-10/h6-9H,2-5,12H2,1H3. The molecule has 2 atom stereocenters. The summed E-state index contributed by atoms with van der Waals surface area (Å²) in [5, 5.41) is 0. The average molecular weight is 191 g/mol. The zero-order valence-corrected chi connectivity index (χ0v) is 8.61. The summed E-state index contributed by atoms with van der Waals surface area (Å²) in [6, 6.07) is 0. The van der Waals surface area contributed by atoms with Gasteiger partial charge in [-0.15, -0.1) is 0 Å². The summed E-state index contributed by atoms with van der Waals surface area (Å²) >= 11 is 0. The summed E-state index contributed by atoms with van der Waals surface area (Å²) in [7, 11) is 0. The van der Waals surface area contributed by atoms with Crippen LogP contribution < -0.4 is 5.73 Å². The molecule has 0 saturated heterocycles. The van der Waals surface area contributed by atoms with Crippen molar-refractivity contribution in [3.63, 3.8) is 0 Å². The predicted molar refractivity (Wildman–Crippen MR) is 55.5 cm³/mol. The van der Waals surface area contributed by atoms with Crippen molar-refractivity contribution in [2.75, 3.05) is 0 Å². The van der Waals surface area contributed by atoms with Gasteiger partial charge in [0.05, 0.1) is 0 Å². The van der Waals surface area contributed by atoms with Gasteiger partial charge in [0.2, 0.25) is 0 Å². The van der Waals surface area contributed by atoms with Crippen LogP contribution in [0.3, 0.4) is 0 Å². The number of aromatic nitrogens is 2. The monoisotopic (exact) mass is 191 g/mol. The van der Waals surface area contributed by atoms with Crippen molar-refractivity contribution in [3.05, 3.63) is 24.3 Å². The molecule has 3 nitrogen and oxygen atoms in total. The lowest BCUT2D eigenvalue weighted by atomic mass is 9.74. The number of hydrogen-bond acceptors (Lipinski definition) is 3. The van der Waals surface area contributed by atoms with Gasteiger partial charge >= 0.3 is 0 Å². The average Bonchev–Trinajstić information content (AvgIpc) is 2.19. The van der Waals surface area contributed by atoms with Crippen LogP contribution in [-0.4, -0.2) is 9.97 Å². The van der Waals surface area contributed by atoms with E-state index < -0.39 is 0 Å². The zero-order valence-electron chi connectivity index (χ0n) is 8.61. The fourth-order valence-corrected chi connectivity index (χ4v) is 2.41. The van der Waals surface area contributed by atoms with Crippen molar-refractivity contribution in [1.82, 2.24) is 9.97 Å². The molecule has 1 aromatic rings. The molecular formula is C11H17N3. The summed E-state index contributed by atoms with van der Waals surface area (Å²) in [5.74, 6) is 0.717. The number of nitrogens with two attached hydrogens (primary N) is 1. The Kier molecular flexibility index (Phi) is 2.50. The van der Waals surface area contributed by atoms with E-state index in [9.17, 15) is 0 Å². The van der Waals surface area contributed by atoms with Crippen LogP contribution in [-0.2, 0) is 5.54 Å². The molecule has 2 unspecified atom stereocenters. The molecule has 3 heteroatoms. The molecule has 1 saturated carbocycles. The molecule has 2 rings (SSSR count). The molecule has 2 N–H and O–H groups in total. The second-order valence-corrected chi connectivity index (χ2v) is 4.48. The lowest BCUT2D eigenvalue weighted by Crippen LogP contribution is -2.41. The molecule has 0 amide bonds. The molecule has 0 aromatic carbocycles. The molecular weight excluding hydrogens is 174 g/mol. The highest BCUT2D eigenvalue weighted by Crippen LogP contribution is 2.36. The molecule has 0 spiro atoms. The van der Waals surface area contributed by atoms with Gasteiger partial charge in [-0.05, 0) is 18.8 Å². The van der Waals surface area contributed by atoms with Crippen LogP contribution in [0.1, 0.15) is 38.2 Å². The molecule has 1 heterocycles. The van der Waals surface area contributed by atoms with Gasteiger partial charge in [0.25, 0.3) is 0 Å². The summed E-state index contributed by atoms with van der Waals surface area (Å²) in [6.07, 6.45) is 9.89. The van der Waals surface area contributed by atoms with Gasteiger partial charge < -0.3 is 5.73 Å². The lowest BCUT2D eigenvalue weighted by Gasteiger charge is -2.36. The van der Waals surface area contributed by atoms with E-state index in [1.54, 1.807) is 6.33 Å². The maximum atomic E-state index is 6.39. The molecule has 1 aliphatic rings. The Labute approximate surface area is 84.8 Å². The first kappa shape index (κ1) is 9.59. The van der Waals surface area contributed by atoms with E-state index >= 15 is 0 Å². The minimum absolute atomic E-state index is 0.182. The molecule has 1 fully saturated rings. The second-order valence-electron chi connectivity index (χ2n) is 4.48. The Bertz CT molecular complexity index is 299. The fraction of sp³-hybridized carbons (Fsp3) is 0.636. The minimum Gasteiger partial charge on any atom is -0.321 e. The summed E-state index contributed by atoms with van der Waals surface area (Å²) in [5.41, 5.74) is 7.30. The topological polar surface area (TPSA) is 51.8 Å². The third kappa shape index (κ3) is 1.77. The van der Waals surface area contributed by atoms with Crippen molar-refractivity contribution < 1.29 is 0 Å². The van der Waals surface area contributed by atoms with Gasteiger partial charge in [-0.25, -0.2) is 9.97 Å². The third-order valence-corrected chi connectivity index (χ3v) is 3.17. The van der Waals surface area contributed by atoms with Gasteiger partial charge in [0, 0.05) is 23.5 Å². The van der Waals surface area contributed by atoms with Gasteiger partial charge in [0.1, 0.15) is 6.33 Å². The second kappa shape index (κ2) is 3.65. The van der Waals surface area contributed by atoms with Gasteiger partial charge in [-0.1, -0.05) is 19.8 Å². The summed E-state index contributed by atoms with van der Waals surface area (Å²) in [6.45, 7) is 2.27. The van der Waals surface area contributed by atoms with Crippen LogP contribution in [0.5, 0.6) is 0 Å². The lowest BCUT2D eigenvalue weighted by molar-refractivity contribution is 0.238. The first-order chi connectivity index (χ1) is 6.71. The fourth-order valence-electron chi connectivity index (χ4n) is 2.41. The molecule has 0 radical (unpaired) electrons. The maximum Gasteiger partial charge on any atom is 0.115 e. The molecule has 76 valence electrons. The quantitative estimate of drug-likeness (QED) is 0.737. The summed E-state index contributed by atoms with van der Waals surface area (Å²) < 4.78 is 0. The smallest absolute Gasteiger partial charge is 0.115 e. The van der Waals surface area contributed by atoms with Crippen molar-refractivity contribution >= 4 is 0 Å². The van der Waals surface area contributed by atoms with Crippen LogP contribution in [0.4, 0.5) is 0 Å². The van der Waals surface area contributed by atoms with Crippen molar-refractivity contribution in [2.24, 2.45) is 11.7 Å². The highest BCUT2D eigenvalue weighted by molar-refractivity contribution is 5.17. The van der Waals surface area contributed by atoms with E-state index in [-0.39, 0.29) is 5.54 Å². The van der Waals surface area contributed by atoms with Crippen molar-refractivity contribution in [1.29, 1.82) is 0 Å². The Balaban J connectivity index is 2.23. The van der Waals surface area contributed by atoms with Gasteiger partial charge in [-0.2, -0.15) is 0 Å². The van der Waals surface area contributed by atoms with E-state index in [1.165, 1.54) is 12.8 Å². The molecule has 1 aliphatic carbocycles. The molecule has 1 aromatic heterocycles. The van der Waals surface area contributed by atoms with Crippen molar-refractivity contribution in [2.45, 2.75) is 38.1 Å². The zero-order chi connectivity index (χ0) is 10.0. The summed E-state index contributed by atoms with van der Waals surface area (Å²) in [4.78, 5) is 8.08. The first-order valence-electron chi connectivity index (χ1n) is 5.25. The Hall–Kier alpha value is -0.960. The molecule has 0 aliphatic heterocycles. The maximum absolute atomic E-state index is 6.39. The van der Waals surface area contributed by atoms with Crippen LogP contribution in [0.25, 0.3) is 0 Å². The Morgan fingerprint density at radius 1 is 1.43 bits per heavy atom. The van der Waals surface area contributed by atoms with E-state index in [0.717, 1.165) is 18.4 Å². The Morgan fingerprint density at radius 3 is 2.79 bits per heavy atom. The van der Waals surface area contributed by atoms with Crippen LogP contribution in [0, 0.1) is 5.92 Å². The van der Waals surface area contributed by atoms with E-state index in [0.29, 0.717) is 5.92 Å². The highest BCUT2D eigenvalue weighted by atomic mass is 14.8. The van der Waals surface area contributed by atoms with E-state index in [2.05, 4.69) is 16.9 Å². The third-order valence-electron chi connectivity index (χ3n) is 3.17. The van der Waals surface area contributed by atoms with E-state index in [1.807, 2.05) is 12.4 Å². The Morgan fingerprint density at radius 2 is 2.14 bits per heavy atom. The van der Waals surface area contributed by atoms with Crippen LogP contribution in [0.15, 0.2) is 18.7 Å². The number of nitrogens with zero attached hydrogens (tertiary/aromatic N) is 2. The van der Waals surface area contributed by atoms with Crippen molar-refractivity contribution in [3.8, 4) is 0 Å².